The lowest BCUT2D eigenvalue weighted by Gasteiger charge is -2.34. The molecule has 1 saturated carbocycles. The minimum atomic E-state index is -0.425. The quantitative estimate of drug-likeness (QED) is 0.620. The molecule has 134 valence electrons. The SMILES string of the molecule is CC(C)(C)OC(=O)N1CCC(c2cc(I)nn2C2CCCC2)CC1. The zero-order chi connectivity index (χ0) is 17.3. The van der Waals surface area contributed by atoms with Gasteiger partial charge in [0.15, 0.2) is 0 Å². The number of likely N-dealkylation sites (tertiary alicyclic amines) is 1. The highest BCUT2D eigenvalue weighted by Gasteiger charge is 2.30. The van der Waals surface area contributed by atoms with E-state index in [-0.39, 0.29) is 6.09 Å². The number of carbonyl (C=O) groups excluding carboxylic acids is 1. The minimum Gasteiger partial charge on any atom is -0.444 e. The van der Waals surface area contributed by atoms with Crippen LogP contribution in [0, 0.1) is 3.70 Å². The van der Waals surface area contributed by atoms with E-state index in [0.29, 0.717) is 12.0 Å². The molecule has 0 aromatic carbocycles. The van der Waals surface area contributed by atoms with Crippen LogP contribution in [0.2, 0.25) is 0 Å². The number of aromatic nitrogens is 2. The molecule has 0 radical (unpaired) electrons. The molecule has 0 unspecified atom stereocenters. The monoisotopic (exact) mass is 445 g/mol. The zero-order valence-corrected chi connectivity index (χ0v) is 17.1. The lowest BCUT2D eigenvalue weighted by Crippen LogP contribution is -2.41. The molecule has 3 rings (SSSR count). The fourth-order valence-electron chi connectivity index (χ4n) is 3.81. The van der Waals surface area contributed by atoms with E-state index in [2.05, 4.69) is 33.3 Å². The van der Waals surface area contributed by atoms with Gasteiger partial charge in [-0.15, -0.1) is 0 Å². The van der Waals surface area contributed by atoms with Crippen molar-refractivity contribution in [2.45, 2.75) is 76.9 Å². The van der Waals surface area contributed by atoms with Gasteiger partial charge in [-0.1, -0.05) is 12.8 Å². The van der Waals surface area contributed by atoms with Crippen LogP contribution < -0.4 is 0 Å². The summed E-state index contributed by atoms with van der Waals surface area (Å²) in [7, 11) is 0. The van der Waals surface area contributed by atoms with E-state index in [0.717, 1.165) is 29.6 Å². The molecule has 24 heavy (non-hydrogen) atoms. The third-order valence-electron chi connectivity index (χ3n) is 4.97. The Hall–Kier alpha value is -0.790. The average molecular weight is 445 g/mol. The molecule has 0 N–H and O–H groups in total. The molecule has 0 atom stereocenters. The first kappa shape index (κ1) is 18.0. The highest BCUT2D eigenvalue weighted by Crippen LogP contribution is 2.36. The van der Waals surface area contributed by atoms with Crippen LogP contribution in [0.4, 0.5) is 4.79 Å². The number of hydrogen-bond acceptors (Lipinski definition) is 3. The molecule has 2 aliphatic rings. The Kier molecular flexibility index (Phi) is 5.42. The zero-order valence-electron chi connectivity index (χ0n) is 14.9. The first-order valence-corrected chi connectivity index (χ1v) is 10.1. The van der Waals surface area contributed by atoms with Crippen molar-refractivity contribution >= 4 is 28.7 Å². The third-order valence-corrected chi connectivity index (χ3v) is 5.50. The van der Waals surface area contributed by atoms with Crippen molar-refractivity contribution in [2.75, 3.05) is 13.1 Å². The van der Waals surface area contributed by atoms with Gasteiger partial charge in [-0.3, -0.25) is 4.68 Å². The van der Waals surface area contributed by atoms with Crippen molar-refractivity contribution < 1.29 is 9.53 Å². The average Bonchev–Trinajstić information content (AvgIpc) is 3.14. The smallest absolute Gasteiger partial charge is 0.410 e. The van der Waals surface area contributed by atoms with Crippen molar-refractivity contribution in [3.63, 3.8) is 0 Å². The summed E-state index contributed by atoms with van der Waals surface area (Å²) in [6.07, 6.45) is 6.94. The van der Waals surface area contributed by atoms with Gasteiger partial charge in [0.05, 0.1) is 6.04 Å². The van der Waals surface area contributed by atoms with Gasteiger partial charge in [0.25, 0.3) is 0 Å². The summed E-state index contributed by atoms with van der Waals surface area (Å²) in [5, 5.41) is 4.77. The maximum atomic E-state index is 12.2. The predicted molar refractivity (Wildman–Crippen MR) is 102 cm³/mol. The molecule has 6 heteroatoms. The van der Waals surface area contributed by atoms with E-state index < -0.39 is 5.60 Å². The van der Waals surface area contributed by atoms with Crippen LogP contribution >= 0.6 is 22.6 Å². The van der Waals surface area contributed by atoms with Crippen LogP contribution in [0.15, 0.2) is 6.07 Å². The molecule has 2 heterocycles. The van der Waals surface area contributed by atoms with E-state index in [1.807, 2.05) is 25.7 Å². The van der Waals surface area contributed by atoms with Gasteiger partial charge in [0.2, 0.25) is 0 Å². The van der Waals surface area contributed by atoms with Crippen LogP contribution in [0.1, 0.15) is 76.9 Å². The summed E-state index contributed by atoms with van der Waals surface area (Å²) in [5.41, 5.74) is 0.945. The number of ether oxygens (including phenoxy) is 1. The van der Waals surface area contributed by atoms with Crippen LogP contribution in [0.3, 0.4) is 0 Å². The Labute approximate surface area is 158 Å². The van der Waals surface area contributed by atoms with E-state index in [1.54, 1.807) is 0 Å². The number of rotatable bonds is 2. The minimum absolute atomic E-state index is 0.181. The van der Waals surface area contributed by atoms with Gasteiger partial charge in [0, 0.05) is 24.7 Å². The van der Waals surface area contributed by atoms with Crippen LogP contribution in [0.25, 0.3) is 0 Å². The van der Waals surface area contributed by atoms with Crippen molar-refractivity contribution in [3.8, 4) is 0 Å². The number of hydrogen-bond donors (Lipinski definition) is 0. The van der Waals surface area contributed by atoms with Gasteiger partial charge in [-0.05, 0) is 75.1 Å². The first-order chi connectivity index (χ1) is 11.3. The Morgan fingerprint density at radius 2 is 1.83 bits per heavy atom. The first-order valence-electron chi connectivity index (χ1n) is 9.06. The number of halogens is 1. The molecule has 1 aliphatic carbocycles. The fraction of sp³-hybridized carbons (Fsp3) is 0.778. The highest BCUT2D eigenvalue weighted by atomic mass is 127. The second-order valence-electron chi connectivity index (χ2n) is 8.02. The standard InChI is InChI=1S/C18H28IN3O2/c1-18(2,3)24-17(23)21-10-8-13(9-11-21)15-12-16(19)20-22(15)14-6-4-5-7-14/h12-14H,4-11H2,1-3H3. The number of nitrogens with zero attached hydrogens (tertiary/aromatic N) is 3. The molecule has 5 nitrogen and oxygen atoms in total. The maximum absolute atomic E-state index is 12.2. The van der Waals surface area contributed by atoms with Crippen molar-refractivity contribution in [3.05, 3.63) is 15.5 Å². The second-order valence-corrected chi connectivity index (χ2v) is 9.12. The van der Waals surface area contributed by atoms with Gasteiger partial charge < -0.3 is 9.64 Å². The van der Waals surface area contributed by atoms with Crippen molar-refractivity contribution in [2.24, 2.45) is 0 Å². The molecular weight excluding hydrogens is 417 g/mol. The Balaban J connectivity index is 1.64. The van der Waals surface area contributed by atoms with Crippen molar-refractivity contribution in [1.82, 2.24) is 14.7 Å². The predicted octanol–water partition coefficient (Wildman–Crippen LogP) is 4.72. The van der Waals surface area contributed by atoms with E-state index in [4.69, 9.17) is 9.84 Å². The highest BCUT2D eigenvalue weighted by molar-refractivity contribution is 14.1. The molecule has 1 aromatic heterocycles. The summed E-state index contributed by atoms with van der Waals surface area (Å²) < 4.78 is 8.88. The third kappa shape index (κ3) is 4.24. The van der Waals surface area contributed by atoms with Crippen LogP contribution in [-0.2, 0) is 4.74 Å². The molecular formula is C18H28IN3O2. The summed E-state index contributed by atoms with van der Waals surface area (Å²) in [6, 6.07) is 2.82. The normalized spacial score (nSPS) is 20.6. The number of piperidine rings is 1. The molecule has 1 aromatic rings. The molecule has 1 aliphatic heterocycles. The summed E-state index contributed by atoms with van der Waals surface area (Å²) in [5.74, 6) is 0.500. The van der Waals surface area contributed by atoms with E-state index >= 15 is 0 Å². The Bertz CT molecular complexity index is 580. The van der Waals surface area contributed by atoms with Gasteiger partial charge in [0.1, 0.15) is 9.30 Å². The molecule has 0 bridgehead atoms. The largest absolute Gasteiger partial charge is 0.444 e. The lowest BCUT2D eigenvalue weighted by molar-refractivity contribution is 0.0203. The summed E-state index contributed by atoms with van der Waals surface area (Å²) in [6.45, 7) is 7.29. The van der Waals surface area contributed by atoms with Crippen molar-refractivity contribution in [1.29, 1.82) is 0 Å². The van der Waals surface area contributed by atoms with E-state index in [9.17, 15) is 4.79 Å². The Morgan fingerprint density at radius 1 is 1.21 bits per heavy atom. The van der Waals surface area contributed by atoms with Gasteiger partial charge in [-0.25, -0.2) is 4.79 Å². The molecule has 2 fully saturated rings. The van der Waals surface area contributed by atoms with Crippen LogP contribution in [-0.4, -0.2) is 39.5 Å². The van der Waals surface area contributed by atoms with E-state index in [1.165, 1.54) is 31.4 Å². The van der Waals surface area contributed by atoms with Gasteiger partial charge >= 0.3 is 6.09 Å². The summed E-state index contributed by atoms with van der Waals surface area (Å²) in [4.78, 5) is 14.1. The van der Waals surface area contributed by atoms with Gasteiger partial charge in [-0.2, -0.15) is 5.10 Å². The molecule has 1 saturated heterocycles. The fourth-order valence-corrected chi connectivity index (χ4v) is 4.36. The summed E-state index contributed by atoms with van der Waals surface area (Å²) >= 11 is 2.32. The Morgan fingerprint density at radius 3 is 2.42 bits per heavy atom. The lowest BCUT2D eigenvalue weighted by atomic mass is 9.93. The topological polar surface area (TPSA) is 47.4 Å². The number of amides is 1. The number of carbonyl (C=O) groups is 1. The molecule has 0 spiro atoms. The molecule has 1 amide bonds. The maximum Gasteiger partial charge on any atom is 0.410 e. The second kappa shape index (κ2) is 7.22. The van der Waals surface area contributed by atoms with Crippen LogP contribution in [0.5, 0.6) is 0 Å².